The largest absolute Gasteiger partial charge is 0.384 e. The van der Waals surface area contributed by atoms with Gasteiger partial charge in [-0.05, 0) is 19.3 Å². The van der Waals surface area contributed by atoms with Crippen molar-refractivity contribution < 1.29 is 4.74 Å². The van der Waals surface area contributed by atoms with Gasteiger partial charge in [-0.1, -0.05) is 20.8 Å². The number of hydrogen-bond acceptors (Lipinski definition) is 5. The third-order valence-electron chi connectivity index (χ3n) is 3.49. The van der Waals surface area contributed by atoms with E-state index in [0.717, 1.165) is 25.1 Å². The zero-order valence-corrected chi connectivity index (χ0v) is 11.8. The Labute approximate surface area is 109 Å². The van der Waals surface area contributed by atoms with E-state index in [1.165, 1.54) is 0 Å². The van der Waals surface area contributed by atoms with Crippen molar-refractivity contribution in [3.8, 4) is 0 Å². The molecule has 0 aliphatic carbocycles. The lowest BCUT2D eigenvalue weighted by Crippen LogP contribution is -2.36. The molecule has 0 fully saturated rings. The second-order valence-electron chi connectivity index (χ2n) is 4.49. The van der Waals surface area contributed by atoms with Crippen LogP contribution in [0.15, 0.2) is 6.07 Å². The van der Waals surface area contributed by atoms with Gasteiger partial charge in [0.15, 0.2) is 5.82 Å². The molecule has 0 bridgehead atoms. The number of nitrogen functional groups attached to an aromatic ring is 1. The fraction of sp³-hybridized carbons (Fsp3) is 0.692. The summed E-state index contributed by atoms with van der Waals surface area (Å²) in [6.07, 6.45) is 3.14. The van der Waals surface area contributed by atoms with Gasteiger partial charge in [0.1, 0.15) is 18.2 Å². The van der Waals surface area contributed by atoms with Gasteiger partial charge in [-0.25, -0.2) is 9.97 Å². The van der Waals surface area contributed by atoms with E-state index in [0.29, 0.717) is 18.2 Å². The highest BCUT2D eigenvalue weighted by molar-refractivity contribution is 5.46. The normalized spacial score (nSPS) is 11.6. The fourth-order valence-corrected chi connectivity index (χ4v) is 2.06. The van der Waals surface area contributed by atoms with Crippen LogP contribution in [0.2, 0.25) is 0 Å². The lowest BCUT2D eigenvalue weighted by atomic mass is 9.90. The van der Waals surface area contributed by atoms with Crippen LogP contribution in [-0.4, -0.2) is 22.6 Å². The maximum Gasteiger partial charge on any atom is 0.158 e. The molecule has 0 amide bonds. The average Bonchev–Trinajstić information content (AvgIpc) is 2.36. The highest BCUT2D eigenvalue weighted by Gasteiger charge is 2.24. The molecule has 0 aromatic carbocycles. The maximum atomic E-state index is 5.79. The Hall–Kier alpha value is -1.36. The molecule has 0 aliphatic rings. The molecule has 5 heteroatoms. The number of anilines is 2. The Kier molecular flexibility index (Phi) is 5.34. The Morgan fingerprint density at radius 2 is 1.83 bits per heavy atom. The third-order valence-corrected chi connectivity index (χ3v) is 3.49. The zero-order valence-electron chi connectivity index (χ0n) is 11.8. The fourth-order valence-electron chi connectivity index (χ4n) is 2.06. The predicted octanol–water partition coefficient (Wildman–Crippen LogP) is 2.59. The number of nitrogens with two attached hydrogens (primary N) is 1. The van der Waals surface area contributed by atoms with E-state index < -0.39 is 0 Å². The second kappa shape index (κ2) is 6.54. The van der Waals surface area contributed by atoms with Crippen molar-refractivity contribution in [3.05, 3.63) is 11.9 Å². The van der Waals surface area contributed by atoms with Crippen molar-refractivity contribution in [2.45, 2.75) is 52.2 Å². The Bertz CT molecular complexity index is 369. The molecule has 0 radical (unpaired) electrons. The van der Waals surface area contributed by atoms with Gasteiger partial charge in [0, 0.05) is 18.7 Å². The van der Waals surface area contributed by atoms with Crippen LogP contribution in [0.3, 0.4) is 0 Å². The number of aromatic nitrogens is 2. The smallest absolute Gasteiger partial charge is 0.158 e. The van der Waals surface area contributed by atoms with Gasteiger partial charge in [-0.15, -0.1) is 0 Å². The van der Waals surface area contributed by atoms with Gasteiger partial charge in [-0.2, -0.15) is 0 Å². The van der Waals surface area contributed by atoms with Crippen molar-refractivity contribution in [2.75, 3.05) is 18.2 Å². The van der Waals surface area contributed by atoms with E-state index in [1.807, 2.05) is 0 Å². The van der Waals surface area contributed by atoms with Crippen molar-refractivity contribution in [1.82, 2.24) is 9.97 Å². The molecule has 0 aliphatic heterocycles. The van der Waals surface area contributed by atoms with Gasteiger partial charge in [0.2, 0.25) is 0 Å². The summed E-state index contributed by atoms with van der Waals surface area (Å²) >= 11 is 0. The highest BCUT2D eigenvalue weighted by atomic mass is 16.5. The lowest BCUT2D eigenvalue weighted by Gasteiger charge is -2.32. The number of methoxy groups -OCH3 is 1. The molecule has 1 heterocycles. The molecule has 0 saturated carbocycles. The van der Waals surface area contributed by atoms with Gasteiger partial charge in [0.05, 0.1) is 0 Å². The Morgan fingerprint density at radius 3 is 2.33 bits per heavy atom. The zero-order chi connectivity index (χ0) is 13.6. The van der Waals surface area contributed by atoms with E-state index in [9.17, 15) is 0 Å². The summed E-state index contributed by atoms with van der Waals surface area (Å²) in [6.45, 7) is 6.92. The first-order chi connectivity index (χ1) is 8.59. The minimum Gasteiger partial charge on any atom is -0.384 e. The van der Waals surface area contributed by atoms with E-state index in [2.05, 4.69) is 36.1 Å². The van der Waals surface area contributed by atoms with E-state index >= 15 is 0 Å². The SMILES string of the molecule is CCC(CC)(CC)Nc1cc(N)nc(COC)n1. The summed E-state index contributed by atoms with van der Waals surface area (Å²) in [5.41, 5.74) is 5.86. The first-order valence-corrected chi connectivity index (χ1v) is 6.49. The van der Waals surface area contributed by atoms with Gasteiger partial charge < -0.3 is 15.8 Å². The minimum absolute atomic E-state index is 0.0745. The van der Waals surface area contributed by atoms with E-state index in [4.69, 9.17) is 10.5 Å². The minimum atomic E-state index is 0.0745. The molecular weight excluding hydrogens is 228 g/mol. The first kappa shape index (κ1) is 14.7. The first-order valence-electron chi connectivity index (χ1n) is 6.49. The molecule has 18 heavy (non-hydrogen) atoms. The number of rotatable bonds is 7. The van der Waals surface area contributed by atoms with Crippen LogP contribution >= 0.6 is 0 Å². The topological polar surface area (TPSA) is 73.1 Å². The highest BCUT2D eigenvalue weighted by Crippen LogP contribution is 2.25. The van der Waals surface area contributed by atoms with Crippen molar-refractivity contribution >= 4 is 11.6 Å². The van der Waals surface area contributed by atoms with Gasteiger partial charge in [-0.3, -0.25) is 0 Å². The number of hydrogen-bond donors (Lipinski definition) is 2. The van der Waals surface area contributed by atoms with Crippen LogP contribution in [0.25, 0.3) is 0 Å². The van der Waals surface area contributed by atoms with E-state index in [1.54, 1.807) is 13.2 Å². The van der Waals surface area contributed by atoms with Crippen LogP contribution in [0, 0.1) is 0 Å². The molecule has 0 saturated heterocycles. The average molecular weight is 252 g/mol. The van der Waals surface area contributed by atoms with E-state index in [-0.39, 0.29) is 5.54 Å². The molecule has 0 atom stereocenters. The number of nitrogens with one attached hydrogen (secondary N) is 1. The summed E-state index contributed by atoms with van der Waals surface area (Å²) in [5.74, 6) is 1.86. The number of nitrogens with zero attached hydrogens (tertiary/aromatic N) is 2. The Morgan fingerprint density at radius 1 is 1.22 bits per heavy atom. The van der Waals surface area contributed by atoms with Gasteiger partial charge >= 0.3 is 0 Å². The summed E-state index contributed by atoms with van der Waals surface area (Å²) < 4.78 is 5.04. The molecule has 1 aromatic rings. The standard InChI is InChI=1S/C13H24N4O/c1-5-13(6-2,7-3)17-11-8-10(14)15-12(16-11)9-18-4/h8H,5-7,9H2,1-4H3,(H3,14,15,16,17). The second-order valence-corrected chi connectivity index (χ2v) is 4.49. The van der Waals surface area contributed by atoms with Gasteiger partial charge in [0.25, 0.3) is 0 Å². The molecule has 1 aromatic heterocycles. The molecule has 0 unspecified atom stereocenters. The van der Waals surface area contributed by atoms with Crippen LogP contribution in [0.4, 0.5) is 11.6 Å². The van der Waals surface area contributed by atoms with Crippen LogP contribution in [0.5, 0.6) is 0 Å². The summed E-state index contributed by atoms with van der Waals surface area (Å²) in [4.78, 5) is 8.56. The molecule has 3 N–H and O–H groups in total. The Balaban J connectivity index is 2.95. The van der Waals surface area contributed by atoms with Crippen LogP contribution < -0.4 is 11.1 Å². The predicted molar refractivity (Wildman–Crippen MR) is 74.4 cm³/mol. The van der Waals surface area contributed by atoms with Crippen molar-refractivity contribution in [2.24, 2.45) is 0 Å². The summed E-state index contributed by atoms with van der Waals surface area (Å²) in [6, 6.07) is 1.77. The molecule has 5 nitrogen and oxygen atoms in total. The van der Waals surface area contributed by atoms with Crippen LogP contribution in [0.1, 0.15) is 45.9 Å². The van der Waals surface area contributed by atoms with Crippen molar-refractivity contribution in [3.63, 3.8) is 0 Å². The molecule has 102 valence electrons. The van der Waals surface area contributed by atoms with Crippen molar-refractivity contribution in [1.29, 1.82) is 0 Å². The van der Waals surface area contributed by atoms with Crippen LogP contribution in [-0.2, 0) is 11.3 Å². The monoisotopic (exact) mass is 252 g/mol. The summed E-state index contributed by atoms with van der Waals surface area (Å²) in [5, 5.41) is 3.49. The molecule has 0 spiro atoms. The quantitative estimate of drug-likeness (QED) is 0.780. The number of ether oxygens (including phenoxy) is 1. The maximum absolute atomic E-state index is 5.79. The molecule has 1 rings (SSSR count). The lowest BCUT2D eigenvalue weighted by molar-refractivity contribution is 0.178. The summed E-state index contributed by atoms with van der Waals surface area (Å²) in [7, 11) is 1.62. The third kappa shape index (κ3) is 3.57. The molecular formula is C13H24N4O.